The van der Waals surface area contributed by atoms with E-state index in [1.165, 1.54) is 17.3 Å². The van der Waals surface area contributed by atoms with E-state index in [9.17, 15) is 14.4 Å². The molecule has 5 rings (SSSR count). The summed E-state index contributed by atoms with van der Waals surface area (Å²) in [6.07, 6.45) is 4.07. The summed E-state index contributed by atoms with van der Waals surface area (Å²) in [6.45, 7) is 3.09. The van der Waals surface area contributed by atoms with Crippen molar-refractivity contribution < 1.29 is 28.5 Å². The third-order valence-corrected chi connectivity index (χ3v) is 8.84. The maximum absolute atomic E-state index is 13.7. The second-order valence-corrected chi connectivity index (χ2v) is 12.0. The molecule has 1 aromatic heterocycles. The zero-order valence-corrected chi connectivity index (χ0v) is 27.7. The first-order valence-electron chi connectivity index (χ1n) is 15.7. The van der Waals surface area contributed by atoms with Gasteiger partial charge in [-0.2, -0.15) is 0 Å². The highest BCUT2D eigenvalue weighted by molar-refractivity contribution is 7.99. The van der Waals surface area contributed by atoms with Crippen LogP contribution in [0.15, 0.2) is 64.5 Å². The van der Waals surface area contributed by atoms with Crippen LogP contribution in [-0.2, 0) is 29.0 Å². The Balaban J connectivity index is 1.16. The quantitative estimate of drug-likeness (QED) is 0.0928. The third-order valence-electron chi connectivity index (χ3n) is 7.86. The van der Waals surface area contributed by atoms with Gasteiger partial charge in [-0.1, -0.05) is 43.3 Å². The SMILES string of the molecule is CCc1ccc(NC(=O)CSc2nc3cc4c(cc3c(=O)n2CCCCCC(=O)NCCc2ccc(OC)c(OC)c2)OCO4)cc1. The van der Waals surface area contributed by atoms with Crippen molar-refractivity contribution in [2.24, 2.45) is 0 Å². The summed E-state index contributed by atoms with van der Waals surface area (Å²) in [7, 11) is 3.19. The molecule has 2 amide bonds. The molecule has 248 valence electrons. The van der Waals surface area contributed by atoms with Crippen molar-refractivity contribution in [1.29, 1.82) is 0 Å². The number of amides is 2. The highest BCUT2D eigenvalue weighted by atomic mass is 32.2. The van der Waals surface area contributed by atoms with Crippen LogP contribution < -0.4 is 35.1 Å². The average molecular weight is 661 g/mol. The van der Waals surface area contributed by atoms with Crippen LogP contribution in [0.25, 0.3) is 10.9 Å². The zero-order valence-electron chi connectivity index (χ0n) is 26.9. The van der Waals surface area contributed by atoms with Gasteiger partial charge in [0, 0.05) is 31.3 Å². The molecule has 0 saturated carbocycles. The Morgan fingerprint density at radius 1 is 0.915 bits per heavy atom. The van der Waals surface area contributed by atoms with Gasteiger partial charge in [0.25, 0.3) is 5.56 Å². The first kappa shape index (κ1) is 33.6. The Labute approximate surface area is 278 Å². The van der Waals surface area contributed by atoms with Crippen LogP contribution in [0.2, 0.25) is 0 Å². The number of fused-ring (bicyclic) bond motifs is 2. The number of hydrogen-bond acceptors (Lipinski definition) is 9. The summed E-state index contributed by atoms with van der Waals surface area (Å²) < 4.78 is 23.2. The van der Waals surface area contributed by atoms with Gasteiger partial charge in [-0.3, -0.25) is 19.0 Å². The average Bonchev–Trinajstić information content (AvgIpc) is 3.55. The number of hydrogen-bond donors (Lipinski definition) is 2. The molecule has 0 bridgehead atoms. The van der Waals surface area contributed by atoms with Crippen molar-refractivity contribution in [2.75, 3.05) is 38.6 Å². The van der Waals surface area contributed by atoms with E-state index in [0.29, 0.717) is 77.8 Å². The van der Waals surface area contributed by atoms with Crippen molar-refractivity contribution in [2.45, 2.75) is 57.1 Å². The minimum Gasteiger partial charge on any atom is -0.493 e. The van der Waals surface area contributed by atoms with Crippen molar-refractivity contribution >= 4 is 40.2 Å². The van der Waals surface area contributed by atoms with Crippen molar-refractivity contribution in [1.82, 2.24) is 14.9 Å². The Morgan fingerprint density at radius 3 is 2.40 bits per heavy atom. The van der Waals surface area contributed by atoms with Crippen LogP contribution >= 0.6 is 11.8 Å². The molecule has 0 fully saturated rings. The predicted molar refractivity (Wildman–Crippen MR) is 182 cm³/mol. The molecule has 0 spiro atoms. The molecule has 0 radical (unpaired) electrons. The number of unbranched alkanes of at least 4 members (excludes halogenated alkanes) is 2. The summed E-state index contributed by atoms with van der Waals surface area (Å²) in [5.74, 6) is 2.24. The summed E-state index contributed by atoms with van der Waals surface area (Å²) in [5.41, 5.74) is 3.22. The van der Waals surface area contributed by atoms with Crippen molar-refractivity contribution in [3.8, 4) is 23.0 Å². The van der Waals surface area contributed by atoms with Crippen LogP contribution in [0, 0.1) is 0 Å². The number of carbonyl (C=O) groups is 2. The minimum absolute atomic E-state index is 0.0160. The number of benzene rings is 3. The number of rotatable bonds is 16. The lowest BCUT2D eigenvalue weighted by Crippen LogP contribution is -2.25. The van der Waals surface area contributed by atoms with Gasteiger partial charge >= 0.3 is 0 Å². The van der Waals surface area contributed by atoms with Gasteiger partial charge in [0.2, 0.25) is 18.6 Å². The first-order chi connectivity index (χ1) is 22.9. The number of carbonyl (C=O) groups excluding carboxylic acids is 2. The third kappa shape index (κ3) is 8.76. The molecular formula is C35H40N4O7S. The number of aromatic nitrogens is 2. The van der Waals surface area contributed by atoms with Gasteiger partial charge in [0.05, 0.1) is 30.9 Å². The molecule has 1 aliphatic rings. The van der Waals surface area contributed by atoms with Crippen molar-refractivity contribution in [3.05, 3.63) is 76.1 Å². The van der Waals surface area contributed by atoms with E-state index in [1.54, 1.807) is 30.9 Å². The van der Waals surface area contributed by atoms with Crippen LogP contribution in [0.4, 0.5) is 5.69 Å². The van der Waals surface area contributed by atoms with Gasteiger partial charge in [0.1, 0.15) is 0 Å². The molecule has 2 heterocycles. The second-order valence-electron chi connectivity index (χ2n) is 11.1. The molecular weight excluding hydrogens is 620 g/mol. The maximum Gasteiger partial charge on any atom is 0.262 e. The summed E-state index contributed by atoms with van der Waals surface area (Å²) >= 11 is 1.21. The molecule has 12 heteroatoms. The van der Waals surface area contributed by atoms with Crippen LogP contribution in [0.3, 0.4) is 0 Å². The molecule has 4 aromatic rings. The standard InChI is InChI=1S/C35H40N4O7S/c1-4-23-9-12-25(13-10-23)37-33(41)21-47-35-38-27-20-31-30(45-22-46-31)19-26(27)34(42)39(35)17-7-5-6-8-32(40)36-16-15-24-11-14-28(43-2)29(18-24)44-3/h9-14,18-20H,4-8,15-17,21-22H2,1-3H3,(H,36,40)(H,37,41). The number of methoxy groups -OCH3 is 2. The molecule has 47 heavy (non-hydrogen) atoms. The van der Waals surface area contributed by atoms with E-state index < -0.39 is 0 Å². The van der Waals surface area contributed by atoms with Crippen LogP contribution in [-0.4, -0.2) is 54.7 Å². The van der Waals surface area contributed by atoms with Gasteiger partial charge in [0.15, 0.2) is 28.2 Å². The molecule has 1 aliphatic heterocycles. The molecule has 0 aliphatic carbocycles. The molecule has 0 unspecified atom stereocenters. The van der Waals surface area contributed by atoms with Gasteiger partial charge < -0.3 is 29.6 Å². The lowest BCUT2D eigenvalue weighted by molar-refractivity contribution is -0.121. The van der Waals surface area contributed by atoms with Gasteiger partial charge in [-0.05, 0) is 67.1 Å². The monoisotopic (exact) mass is 660 g/mol. The molecule has 0 saturated heterocycles. The normalized spacial score (nSPS) is 11.8. The number of anilines is 1. The van der Waals surface area contributed by atoms with E-state index in [-0.39, 0.29) is 29.9 Å². The Bertz CT molecular complexity index is 1780. The molecule has 3 aromatic carbocycles. The second kappa shape index (κ2) is 16.2. The summed E-state index contributed by atoms with van der Waals surface area (Å²) in [5, 5.41) is 6.76. The summed E-state index contributed by atoms with van der Waals surface area (Å²) in [6, 6.07) is 16.8. The van der Waals surface area contributed by atoms with Crippen LogP contribution in [0.5, 0.6) is 23.0 Å². The number of aryl methyl sites for hydroxylation is 1. The number of nitrogens with zero attached hydrogens (tertiary/aromatic N) is 2. The highest BCUT2D eigenvalue weighted by Crippen LogP contribution is 2.35. The van der Waals surface area contributed by atoms with Crippen LogP contribution in [0.1, 0.15) is 43.7 Å². The van der Waals surface area contributed by atoms with E-state index >= 15 is 0 Å². The minimum atomic E-state index is -0.209. The number of nitrogens with one attached hydrogen (secondary N) is 2. The van der Waals surface area contributed by atoms with E-state index in [0.717, 1.165) is 24.1 Å². The highest BCUT2D eigenvalue weighted by Gasteiger charge is 2.20. The fourth-order valence-electron chi connectivity index (χ4n) is 5.25. The van der Waals surface area contributed by atoms with E-state index in [2.05, 4.69) is 17.6 Å². The van der Waals surface area contributed by atoms with Gasteiger partial charge in [-0.25, -0.2) is 4.98 Å². The predicted octanol–water partition coefficient (Wildman–Crippen LogP) is 5.35. The van der Waals surface area contributed by atoms with Gasteiger partial charge in [-0.15, -0.1) is 0 Å². The Kier molecular flexibility index (Phi) is 11.6. The lowest BCUT2D eigenvalue weighted by Gasteiger charge is -2.14. The Morgan fingerprint density at radius 2 is 1.66 bits per heavy atom. The van der Waals surface area contributed by atoms with E-state index in [4.69, 9.17) is 23.9 Å². The lowest BCUT2D eigenvalue weighted by atomic mass is 10.1. The number of ether oxygens (including phenoxy) is 4. The molecule has 2 N–H and O–H groups in total. The molecule has 11 nitrogen and oxygen atoms in total. The smallest absolute Gasteiger partial charge is 0.262 e. The fraction of sp³-hybridized carbons (Fsp3) is 0.371. The first-order valence-corrected chi connectivity index (χ1v) is 16.7. The Hall–Kier alpha value is -4.71. The van der Waals surface area contributed by atoms with E-state index in [1.807, 2.05) is 42.5 Å². The zero-order chi connectivity index (χ0) is 33.2. The maximum atomic E-state index is 13.7. The molecule has 0 atom stereocenters. The fourth-order valence-corrected chi connectivity index (χ4v) is 6.08. The number of thioether (sulfide) groups is 1. The topological polar surface area (TPSA) is 130 Å². The largest absolute Gasteiger partial charge is 0.493 e. The summed E-state index contributed by atoms with van der Waals surface area (Å²) in [4.78, 5) is 43.7. The van der Waals surface area contributed by atoms with Crippen molar-refractivity contribution in [3.63, 3.8) is 0 Å².